The Morgan fingerprint density at radius 3 is 2.67 bits per heavy atom. The van der Waals surface area contributed by atoms with Gasteiger partial charge in [0.1, 0.15) is 11.6 Å². The van der Waals surface area contributed by atoms with E-state index in [9.17, 15) is 13.6 Å². The van der Waals surface area contributed by atoms with Gasteiger partial charge < -0.3 is 10.2 Å². The Morgan fingerprint density at radius 1 is 1.08 bits per heavy atom. The lowest BCUT2D eigenvalue weighted by molar-refractivity contribution is -0.134. The van der Waals surface area contributed by atoms with Crippen molar-refractivity contribution >= 4 is 11.5 Å². The normalized spacial score (nSPS) is 23.2. The van der Waals surface area contributed by atoms with Crippen LogP contribution in [0.2, 0.25) is 0 Å². The van der Waals surface area contributed by atoms with Gasteiger partial charge in [-0.05, 0) is 29.3 Å². The van der Waals surface area contributed by atoms with E-state index in [0.29, 0.717) is 12.1 Å². The van der Waals surface area contributed by atoms with Gasteiger partial charge in [-0.2, -0.15) is 0 Å². The van der Waals surface area contributed by atoms with Gasteiger partial charge in [-0.1, -0.05) is 36.4 Å². The molecule has 2 aliphatic heterocycles. The van der Waals surface area contributed by atoms with Gasteiger partial charge in [-0.3, -0.25) is 4.79 Å². The van der Waals surface area contributed by atoms with Gasteiger partial charge in [0.2, 0.25) is 5.91 Å². The van der Waals surface area contributed by atoms with Crippen molar-refractivity contribution in [1.29, 1.82) is 0 Å². The van der Waals surface area contributed by atoms with Crippen molar-refractivity contribution in [3.8, 4) is 0 Å². The molecule has 2 aromatic rings. The van der Waals surface area contributed by atoms with E-state index in [1.807, 2.05) is 36.4 Å². The van der Waals surface area contributed by atoms with Crippen LogP contribution in [0.15, 0.2) is 54.6 Å². The van der Waals surface area contributed by atoms with E-state index in [2.05, 4.69) is 5.32 Å². The standard InChI is InChI=1S/C19H16F2N2O/c20-13-6-7-16(21)14(8-13)15-9-17(12-4-2-1-3-5-12)23-18(15)10-22-11-19(23)24/h1-9,17-18,22H,10-11H2. The first-order chi connectivity index (χ1) is 11.6. The Balaban J connectivity index is 1.83. The largest absolute Gasteiger partial charge is 0.323 e. The quantitative estimate of drug-likeness (QED) is 0.920. The summed E-state index contributed by atoms with van der Waals surface area (Å²) in [5.41, 5.74) is 1.84. The van der Waals surface area contributed by atoms with E-state index in [0.717, 1.165) is 17.7 Å². The third kappa shape index (κ3) is 2.41. The van der Waals surface area contributed by atoms with Gasteiger partial charge in [0.15, 0.2) is 0 Å². The molecule has 24 heavy (non-hydrogen) atoms. The van der Waals surface area contributed by atoms with Gasteiger partial charge in [0.25, 0.3) is 0 Å². The van der Waals surface area contributed by atoms with Crippen molar-refractivity contribution in [3.63, 3.8) is 0 Å². The van der Waals surface area contributed by atoms with Crippen LogP contribution in [0.1, 0.15) is 17.2 Å². The number of carbonyl (C=O) groups excluding carboxylic acids is 1. The minimum Gasteiger partial charge on any atom is -0.323 e. The molecule has 2 aromatic carbocycles. The average Bonchev–Trinajstić information content (AvgIpc) is 2.99. The van der Waals surface area contributed by atoms with Crippen LogP contribution in [0.25, 0.3) is 5.57 Å². The third-order valence-corrected chi connectivity index (χ3v) is 4.61. The molecule has 4 rings (SSSR count). The molecule has 2 heterocycles. The minimum absolute atomic E-state index is 0.0387. The Bertz CT molecular complexity index is 819. The molecule has 1 N–H and O–H groups in total. The number of amides is 1. The molecule has 2 unspecified atom stereocenters. The molecular weight excluding hydrogens is 310 g/mol. The zero-order valence-corrected chi connectivity index (χ0v) is 12.9. The predicted molar refractivity (Wildman–Crippen MR) is 87.0 cm³/mol. The van der Waals surface area contributed by atoms with Crippen molar-refractivity contribution < 1.29 is 13.6 Å². The van der Waals surface area contributed by atoms with Crippen molar-refractivity contribution in [2.75, 3.05) is 13.1 Å². The number of nitrogens with one attached hydrogen (secondary N) is 1. The first-order valence-corrected chi connectivity index (χ1v) is 7.89. The van der Waals surface area contributed by atoms with E-state index in [-0.39, 0.29) is 30.1 Å². The Labute approximate surface area is 138 Å². The van der Waals surface area contributed by atoms with Crippen molar-refractivity contribution in [3.05, 3.63) is 77.4 Å². The number of rotatable bonds is 2. The molecule has 0 saturated carbocycles. The molecule has 1 amide bonds. The molecule has 3 nitrogen and oxygen atoms in total. The molecule has 5 heteroatoms. The van der Waals surface area contributed by atoms with Gasteiger partial charge >= 0.3 is 0 Å². The highest BCUT2D eigenvalue weighted by atomic mass is 19.1. The lowest BCUT2D eigenvalue weighted by Gasteiger charge is -2.36. The maximum Gasteiger partial charge on any atom is 0.237 e. The van der Waals surface area contributed by atoms with Crippen LogP contribution in [-0.2, 0) is 4.79 Å². The van der Waals surface area contributed by atoms with Gasteiger partial charge in [-0.25, -0.2) is 8.78 Å². The fraction of sp³-hybridized carbons (Fsp3) is 0.211. The van der Waals surface area contributed by atoms with Crippen LogP contribution in [0, 0.1) is 11.6 Å². The number of piperazine rings is 1. The molecule has 0 radical (unpaired) electrons. The van der Waals surface area contributed by atoms with Crippen molar-refractivity contribution in [2.24, 2.45) is 0 Å². The van der Waals surface area contributed by atoms with Crippen molar-refractivity contribution in [1.82, 2.24) is 10.2 Å². The molecule has 0 aliphatic carbocycles. The summed E-state index contributed by atoms with van der Waals surface area (Å²) in [7, 11) is 0. The fourth-order valence-electron chi connectivity index (χ4n) is 3.54. The van der Waals surface area contributed by atoms with Crippen LogP contribution >= 0.6 is 0 Å². The van der Waals surface area contributed by atoms with E-state index in [4.69, 9.17) is 0 Å². The van der Waals surface area contributed by atoms with Gasteiger partial charge in [0, 0.05) is 12.1 Å². The van der Waals surface area contributed by atoms with E-state index in [1.165, 1.54) is 6.07 Å². The molecule has 0 bridgehead atoms. The van der Waals surface area contributed by atoms with Crippen LogP contribution in [0.5, 0.6) is 0 Å². The summed E-state index contributed by atoms with van der Waals surface area (Å²) in [4.78, 5) is 14.2. The summed E-state index contributed by atoms with van der Waals surface area (Å²) in [6.45, 7) is 0.781. The predicted octanol–water partition coefficient (Wildman–Crippen LogP) is 2.90. The minimum atomic E-state index is -0.489. The van der Waals surface area contributed by atoms with Crippen molar-refractivity contribution in [2.45, 2.75) is 12.1 Å². The fourth-order valence-corrected chi connectivity index (χ4v) is 3.54. The lowest BCUT2D eigenvalue weighted by Crippen LogP contribution is -2.53. The van der Waals surface area contributed by atoms with Crippen LogP contribution < -0.4 is 5.32 Å². The average molecular weight is 326 g/mol. The summed E-state index contributed by atoms with van der Waals surface area (Å²) in [6, 6.07) is 12.5. The Kier molecular flexibility index (Phi) is 3.65. The smallest absolute Gasteiger partial charge is 0.237 e. The van der Waals surface area contributed by atoms with Gasteiger partial charge in [-0.15, -0.1) is 0 Å². The summed E-state index contributed by atoms with van der Waals surface area (Å²) in [5, 5.41) is 3.06. The molecule has 122 valence electrons. The third-order valence-electron chi connectivity index (χ3n) is 4.61. The second-order valence-corrected chi connectivity index (χ2v) is 6.05. The van der Waals surface area contributed by atoms with Crippen LogP contribution in [0.4, 0.5) is 8.78 Å². The number of hydrogen-bond donors (Lipinski definition) is 1. The number of halogens is 2. The highest BCUT2D eigenvalue weighted by molar-refractivity contribution is 5.87. The van der Waals surface area contributed by atoms with Crippen LogP contribution in [0.3, 0.4) is 0 Å². The number of hydrogen-bond acceptors (Lipinski definition) is 2. The Hall–Kier alpha value is -2.53. The second-order valence-electron chi connectivity index (χ2n) is 6.05. The van der Waals surface area contributed by atoms with Crippen LogP contribution in [-0.4, -0.2) is 29.9 Å². The monoisotopic (exact) mass is 326 g/mol. The molecular formula is C19H16F2N2O. The molecule has 1 fully saturated rings. The zero-order valence-electron chi connectivity index (χ0n) is 12.9. The van der Waals surface area contributed by atoms with Gasteiger partial charge in [0.05, 0.1) is 18.6 Å². The molecule has 1 saturated heterocycles. The van der Waals surface area contributed by atoms with E-state index in [1.54, 1.807) is 4.90 Å². The van der Waals surface area contributed by atoms with E-state index < -0.39 is 11.6 Å². The summed E-state index contributed by atoms with van der Waals surface area (Å²) < 4.78 is 27.9. The summed E-state index contributed by atoms with van der Waals surface area (Å²) >= 11 is 0. The Morgan fingerprint density at radius 2 is 1.88 bits per heavy atom. The number of benzene rings is 2. The number of carbonyl (C=O) groups is 1. The highest BCUT2D eigenvalue weighted by Crippen LogP contribution is 2.41. The topological polar surface area (TPSA) is 32.3 Å². The summed E-state index contributed by atoms with van der Waals surface area (Å²) in [5.74, 6) is -1.00. The molecule has 2 aliphatic rings. The SMILES string of the molecule is O=C1CNCC2C(c3cc(F)ccc3F)=CC(c3ccccc3)N12. The first-order valence-electron chi connectivity index (χ1n) is 7.89. The lowest BCUT2D eigenvalue weighted by atomic mass is 9.98. The maximum atomic E-state index is 14.3. The van der Waals surface area contributed by atoms with E-state index >= 15 is 0 Å². The summed E-state index contributed by atoms with van der Waals surface area (Å²) in [6.07, 6.45) is 1.88. The molecule has 0 aromatic heterocycles. The maximum absolute atomic E-state index is 14.3. The number of nitrogens with zero attached hydrogens (tertiary/aromatic N) is 1. The second kappa shape index (κ2) is 5.83. The first kappa shape index (κ1) is 15.0. The zero-order chi connectivity index (χ0) is 16.7. The number of fused-ring (bicyclic) bond motifs is 1. The molecule has 0 spiro atoms. The highest BCUT2D eigenvalue weighted by Gasteiger charge is 2.41. The molecule has 2 atom stereocenters.